The van der Waals surface area contributed by atoms with E-state index in [4.69, 9.17) is 0 Å². The number of hydrogen-bond acceptors (Lipinski definition) is 1. The molecule has 0 aliphatic carbocycles. The predicted molar refractivity (Wildman–Crippen MR) is 69.9 cm³/mol. The molecule has 0 heterocycles. The average molecular weight is 209 g/mol. The molecule has 0 spiro atoms. The second kappa shape index (κ2) is 9.82. The molecule has 1 heteroatoms. The molecule has 1 nitrogen and oxygen atoms in total. The molecule has 0 bridgehead atoms. The average Bonchev–Trinajstić information content (AvgIpc) is 2.17. The van der Waals surface area contributed by atoms with Gasteiger partial charge in [-0.1, -0.05) is 39.3 Å². The molecule has 0 saturated carbocycles. The first kappa shape index (κ1) is 14.3. The third-order valence-corrected chi connectivity index (χ3v) is 2.47. The van der Waals surface area contributed by atoms with Gasteiger partial charge in [0, 0.05) is 12.2 Å². The fraction of sp³-hybridized carbons (Fsp3) is 0.714. The van der Waals surface area contributed by atoms with Crippen LogP contribution < -0.4 is 5.32 Å². The van der Waals surface area contributed by atoms with Gasteiger partial charge in [0.1, 0.15) is 0 Å². The lowest BCUT2D eigenvalue weighted by atomic mass is 10.1. The highest BCUT2D eigenvalue weighted by Gasteiger charge is 1.95. The Morgan fingerprint density at radius 3 is 2.60 bits per heavy atom. The Balaban J connectivity index is 3.20. The van der Waals surface area contributed by atoms with E-state index in [0.29, 0.717) is 0 Å². The Morgan fingerprint density at radius 2 is 2.00 bits per heavy atom. The first-order valence-corrected chi connectivity index (χ1v) is 6.19. The first-order chi connectivity index (χ1) is 7.16. The van der Waals surface area contributed by atoms with Crippen LogP contribution in [0.4, 0.5) is 0 Å². The lowest BCUT2D eigenvalue weighted by molar-refractivity contribution is 0.528. The topological polar surface area (TPSA) is 12.0 Å². The van der Waals surface area contributed by atoms with Crippen molar-refractivity contribution in [3.8, 4) is 0 Å². The molecule has 0 aromatic heterocycles. The molecular formula is C14H27N. The molecule has 0 radical (unpaired) electrons. The number of unbranched alkanes of at least 4 members (excludes halogenated alkanes) is 2. The fourth-order valence-electron chi connectivity index (χ4n) is 1.49. The molecule has 0 aromatic rings. The zero-order valence-corrected chi connectivity index (χ0v) is 10.5. The molecule has 0 unspecified atom stereocenters. The maximum absolute atomic E-state index is 4.01. The van der Waals surface area contributed by atoms with Crippen molar-refractivity contribution in [1.29, 1.82) is 0 Å². The summed E-state index contributed by atoms with van der Waals surface area (Å²) in [4.78, 5) is 0. The van der Waals surface area contributed by atoms with Crippen LogP contribution in [0.15, 0.2) is 24.9 Å². The molecule has 0 saturated heterocycles. The fourth-order valence-corrected chi connectivity index (χ4v) is 1.49. The SMILES string of the molecule is C=CCCCC(=C)NCCCCC(C)C. The van der Waals surface area contributed by atoms with Crippen LogP contribution in [0.3, 0.4) is 0 Å². The van der Waals surface area contributed by atoms with E-state index in [0.717, 1.165) is 25.3 Å². The summed E-state index contributed by atoms with van der Waals surface area (Å²) < 4.78 is 0. The highest BCUT2D eigenvalue weighted by atomic mass is 14.9. The van der Waals surface area contributed by atoms with Gasteiger partial charge in [0.2, 0.25) is 0 Å². The molecule has 15 heavy (non-hydrogen) atoms. The summed E-state index contributed by atoms with van der Waals surface area (Å²) in [6, 6.07) is 0. The minimum absolute atomic E-state index is 0.834. The molecule has 88 valence electrons. The van der Waals surface area contributed by atoms with Crippen LogP contribution in [0.2, 0.25) is 0 Å². The molecule has 0 amide bonds. The van der Waals surface area contributed by atoms with Gasteiger partial charge in [-0.15, -0.1) is 6.58 Å². The van der Waals surface area contributed by atoms with Gasteiger partial charge in [0.05, 0.1) is 0 Å². The summed E-state index contributed by atoms with van der Waals surface area (Å²) in [5, 5.41) is 3.39. The molecular weight excluding hydrogens is 182 g/mol. The van der Waals surface area contributed by atoms with E-state index >= 15 is 0 Å². The molecule has 0 aromatic carbocycles. The normalized spacial score (nSPS) is 10.3. The summed E-state index contributed by atoms with van der Waals surface area (Å²) in [7, 11) is 0. The van der Waals surface area contributed by atoms with E-state index in [2.05, 4.69) is 32.3 Å². The van der Waals surface area contributed by atoms with E-state index in [1.54, 1.807) is 0 Å². The van der Waals surface area contributed by atoms with Crippen molar-refractivity contribution in [1.82, 2.24) is 5.32 Å². The smallest absolute Gasteiger partial charge is 0.0143 e. The quantitative estimate of drug-likeness (QED) is 0.418. The molecule has 0 aliphatic heterocycles. The van der Waals surface area contributed by atoms with Crippen LogP contribution in [-0.4, -0.2) is 6.54 Å². The monoisotopic (exact) mass is 209 g/mol. The van der Waals surface area contributed by atoms with E-state index in [-0.39, 0.29) is 0 Å². The largest absolute Gasteiger partial charge is 0.389 e. The number of allylic oxidation sites excluding steroid dienone is 2. The van der Waals surface area contributed by atoms with Crippen molar-refractivity contribution in [2.75, 3.05) is 6.54 Å². The predicted octanol–water partition coefficient (Wildman–Crippen LogP) is 4.27. The number of nitrogens with one attached hydrogen (secondary N) is 1. The minimum Gasteiger partial charge on any atom is -0.389 e. The van der Waals surface area contributed by atoms with E-state index in [1.165, 1.54) is 31.4 Å². The second-order valence-corrected chi connectivity index (χ2v) is 4.60. The van der Waals surface area contributed by atoms with Crippen molar-refractivity contribution >= 4 is 0 Å². The van der Waals surface area contributed by atoms with Crippen LogP contribution >= 0.6 is 0 Å². The van der Waals surface area contributed by atoms with Gasteiger partial charge in [-0.05, 0) is 31.6 Å². The van der Waals surface area contributed by atoms with Crippen molar-refractivity contribution in [2.24, 2.45) is 5.92 Å². The number of rotatable bonds is 10. The lowest BCUT2D eigenvalue weighted by Crippen LogP contribution is -2.13. The van der Waals surface area contributed by atoms with Gasteiger partial charge in [0.15, 0.2) is 0 Å². The van der Waals surface area contributed by atoms with Crippen LogP contribution in [-0.2, 0) is 0 Å². The van der Waals surface area contributed by atoms with Crippen molar-refractivity contribution < 1.29 is 0 Å². The van der Waals surface area contributed by atoms with Gasteiger partial charge in [-0.3, -0.25) is 0 Å². The standard InChI is InChI=1S/C14H27N/c1-5-6-7-11-14(4)15-12-9-8-10-13(2)3/h5,13,15H,1,4,6-12H2,2-3H3. The third kappa shape index (κ3) is 11.2. The third-order valence-electron chi connectivity index (χ3n) is 2.47. The zero-order chi connectivity index (χ0) is 11.5. The van der Waals surface area contributed by atoms with Crippen molar-refractivity contribution in [3.63, 3.8) is 0 Å². The Kier molecular flexibility index (Phi) is 9.35. The van der Waals surface area contributed by atoms with Crippen LogP contribution in [0.5, 0.6) is 0 Å². The number of hydrogen-bond donors (Lipinski definition) is 1. The Morgan fingerprint density at radius 1 is 1.27 bits per heavy atom. The van der Waals surface area contributed by atoms with Crippen molar-refractivity contribution in [2.45, 2.75) is 52.4 Å². The maximum Gasteiger partial charge on any atom is 0.0143 e. The Bertz CT molecular complexity index is 170. The van der Waals surface area contributed by atoms with Crippen LogP contribution in [0, 0.1) is 5.92 Å². The van der Waals surface area contributed by atoms with Gasteiger partial charge in [-0.25, -0.2) is 0 Å². The highest BCUT2D eigenvalue weighted by molar-refractivity contribution is 4.91. The Labute approximate surface area is 95.7 Å². The summed E-state index contributed by atoms with van der Waals surface area (Å²) in [5.41, 5.74) is 1.18. The maximum atomic E-state index is 4.01. The van der Waals surface area contributed by atoms with E-state index in [9.17, 15) is 0 Å². The van der Waals surface area contributed by atoms with Crippen LogP contribution in [0.25, 0.3) is 0 Å². The zero-order valence-electron chi connectivity index (χ0n) is 10.5. The van der Waals surface area contributed by atoms with Crippen LogP contribution in [0.1, 0.15) is 52.4 Å². The van der Waals surface area contributed by atoms with Gasteiger partial charge in [-0.2, -0.15) is 0 Å². The van der Waals surface area contributed by atoms with Gasteiger partial charge >= 0.3 is 0 Å². The molecule has 1 N–H and O–H groups in total. The summed E-state index contributed by atoms with van der Waals surface area (Å²) in [6.45, 7) is 13.4. The Hall–Kier alpha value is -0.720. The molecule has 0 atom stereocenters. The van der Waals surface area contributed by atoms with Crippen molar-refractivity contribution in [3.05, 3.63) is 24.9 Å². The summed E-state index contributed by atoms with van der Waals surface area (Å²) >= 11 is 0. The molecule has 0 rings (SSSR count). The summed E-state index contributed by atoms with van der Waals surface area (Å²) in [6.07, 6.45) is 9.23. The van der Waals surface area contributed by atoms with Gasteiger partial charge in [0.25, 0.3) is 0 Å². The minimum atomic E-state index is 0.834. The van der Waals surface area contributed by atoms with Gasteiger partial charge < -0.3 is 5.32 Å². The first-order valence-electron chi connectivity index (χ1n) is 6.19. The molecule has 0 aliphatic rings. The van der Waals surface area contributed by atoms with E-state index in [1.807, 2.05) is 6.08 Å². The summed E-state index contributed by atoms with van der Waals surface area (Å²) in [5.74, 6) is 0.834. The van der Waals surface area contributed by atoms with E-state index < -0.39 is 0 Å². The lowest BCUT2D eigenvalue weighted by Gasteiger charge is -2.09. The second-order valence-electron chi connectivity index (χ2n) is 4.60. The molecule has 0 fully saturated rings. The highest BCUT2D eigenvalue weighted by Crippen LogP contribution is 2.06.